The average molecular weight is 183 g/mol. The Bertz CT molecular complexity index is 279. The van der Waals surface area contributed by atoms with Crippen molar-refractivity contribution in [3.8, 4) is 0 Å². The van der Waals surface area contributed by atoms with E-state index in [0.29, 0.717) is 0 Å². The number of carboxylic acid groups (broad SMARTS) is 1. The van der Waals surface area contributed by atoms with Crippen molar-refractivity contribution in [2.75, 3.05) is 0 Å². The lowest BCUT2D eigenvalue weighted by atomic mass is 10.2. The van der Waals surface area contributed by atoms with Crippen molar-refractivity contribution in [3.05, 3.63) is 34.5 Å². The molecule has 0 saturated carbocycles. The highest BCUT2D eigenvalue weighted by molar-refractivity contribution is 7.10. The van der Waals surface area contributed by atoms with E-state index in [9.17, 15) is 4.79 Å². The van der Waals surface area contributed by atoms with Crippen molar-refractivity contribution in [2.45, 2.75) is 6.04 Å². The summed E-state index contributed by atoms with van der Waals surface area (Å²) in [5.74, 6) is -0.970. The maximum absolute atomic E-state index is 10.1. The van der Waals surface area contributed by atoms with E-state index >= 15 is 0 Å². The fourth-order valence-electron chi connectivity index (χ4n) is 0.762. The first-order valence-electron chi connectivity index (χ1n) is 3.40. The van der Waals surface area contributed by atoms with Gasteiger partial charge in [-0.05, 0) is 11.4 Å². The Morgan fingerprint density at radius 2 is 2.50 bits per heavy atom. The van der Waals surface area contributed by atoms with Crippen LogP contribution in [0.25, 0.3) is 0 Å². The summed E-state index contributed by atoms with van der Waals surface area (Å²) in [4.78, 5) is 11.1. The lowest BCUT2D eigenvalue weighted by Gasteiger charge is -2.00. The van der Waals surface area contributed by atoms with Gasteiger partial charge in [-0.1, -0.05) is 12.1 Å². The summed E-state index contributed by atoms with van der Waals surface area (Å²) in [6.45, 7) is 0. The molecular formula is C8H9NO2S. The molecule has 0 bridgehead atoms. The van der Waals surface area contributed by atoms with Crippen LogP contribution in [0.3, 0.4) is 0 Å². The van der Waals surface area contributed by atoms with Crippen LogP contribution in [0.5, 0.6) is 0 Å². The normalized spacial score (nSPS) is 13.4. The highest BCUT2D eigenvalue weighted by Crippen LogP contribution is 2.17. The second-order valence-electron chi connectivity index (χ2n) is 2.24. The average Bonchev–Trinajstić information content (AvgIpc) is 2.51. The van der Waals surface area contributed by atoms with Gasteiger partial charge in [0.05, 0.1) is 6.04 Å². The molecule has 0 saturated heterocycles. The molecule has 0 aliphatic rings. The van der Waals surface area contributed by atoms with Gasteiger partial charge in [-0.25, -0.2) is 4.79 Å². The molecular weight excluding hydrogens is 174 g/mol. The van der Waals surface area contributed by atoms with Crippen LogP contribution in [0.2, 0.25) is 0 Å². The number of hydrogen-bond donors (Lipinski definition) is 2. The van der Waals surface area contributed by atoms with Crippen LogP contribution in [0.4, 0.5) is 0 Å². The Kier molecular flexibility index (Phi) is 3.01. The van der Waals surface area contributed by atoms with Crippen LogP contribution in [-0.2, 0) is 4.79 Å². The second kappa shape index (κ2) is 4.04. The van der Waals surface area contributed by atoms with Crippen LogP contribution in [-0.4, -0.2) is 11.1 Å². The molecule has 1 atom stereocenters. The lowest BCUT2D eigenvalue weighted by Crippen LogP contribution is -2.05. The van der Waals surface area contributed by atoms with Gasteiger partial charge in [0.15, 0.2) is 0 Å². The Morgan fingerprint density at radius 1 is 1.75 bits per heavy atom. The number of aliphatic carboxylic acids is 1. The Hall–Kier alpha value is -1.13. The molecule has 3 nitrogen and oxygen atoms in total. The molecule has 0 aliphatic heterocycles. The lowest BCUT2D eigenvalue weighted by molar-refractivity contribution is -0.131. The highest BCUT2D eigenvalue weighted by Gasteiger charge is 2.01. The maximum Gasteiger partial charge on any atom is 0.328 e. The van der Waals surface area contributed by atoms with Crippen LogP contribution in [0.1, 0.15) is 10.9 Å². The van der Waals surface area contributed by atoms with Crippen LogP contribution in [0, 0.1) is 0 Å². The molecule has 4 heteroatoms. The van der Waals surface area contributed by atoms with Crippen LogP contribution >= 0.6 is 11.3 Å². The van der Waals surface area contributed by atoms with E-state index in [0.717, 1.165) is 11.0 Å². The molecule has 1 aromatic rings. The van der Waals surface area contributed by atoms with Crippen molar-refractivity contribution in [1.29, 1.82) is 0 Å². The highest BCUT2D eigenvalue weighted by atomic mass is 32.1. The molecule has 0 fully saturated rings. The summed E-state index contributed by atoms with van der Waals surface area (Å²) in [5, 5.41) is 10.2. The molecule has 0 amide bonds. The van der Waals surface area contributed by atoms with E-state index < -0.39 is 5.97 Å². The van der Waals surface area contributed by atoms with E-state index in [1.807, 2.05) is 17.5 Å². The van der Waals surface area contributed by atoms with Gasteiger partial charge < -0.3 is 10.8 Å². The van der Waals surface area contributed by atoms with Gasteiger partial charge in [0.1, 0.15) is 0 Å². The number of nitrogens with two attached hydrogens (primary N) is 1. The van der Waals surface area contributed by atoms with Gasteiger partial charge in [0.2, 0.25) is 0 Å². The smallest absolute Gasteiger partial charge is 0.328 e. The number of carboxylic acids is 1. The van der Waals surface area contributed by atoms with Gasteiger partial charge in [0.25, 0.3) is 0 Å². The Morgan fingerprint density at radius 3 is 3.00 bits per heavy atom. The van der Waals surface area contributed by atoms with Gasteiger partial charge in [-0.3, -0.25) is 0 Å². The number of thiophene rings is 1. The fraction of sp³-hybridized carbons (Fsp3) is 0.125. The minimum Gasteiger partial charge on any atom is -0.478 e. The Balaban J connectivity index is 2.61. The second-order valence-corrected chi connectivity index (χ2v) is 3.22. The predicted molar refractivity (Wildman–Crippen MR) is 48.0 cm³/mol. The van der Waals surface area contributed by atoms with Crippen molar-refractivity contribution in [3.63, 3.8) is 0 Å². The molecule has 12 heavy (non-hydrogen) atoms. The zero-order valence-corrected chi connectivity index (χ0v) is 7.12. The van der Waals surface area contributed by atoms with Crippen molar-refractivity contribution in [1.82, 2.24) is 0 Å². The van der Waals surface area contributed by atoms with Gasteiger partial charge in [0, 0.05) is 11.0 Å². The van der Waals surface area contributed by atoms with E-state index in [-0.39, 0.29) is 6.04 Å². The zero-order chi connectivity index (χ0) is 8.97. The summed E-state index contributed by atoms with van der Waals surface area (Å²) >= 11 is 1.51. The van der Waals surface area contributed by atoms with Crippen molar-refractivity contribution < 1.29 is 9.90 Å². The molecule has 0 radical (unpaired) electrons. The molecule has 0 spiro atoms. The van der Waals surface area contributed by atoms with Crippen molar-refractivity contribution >= 4 is 17.3 Å². The van der Waals surface area contributed by atoms with E-state index in [2.05, 4.69) is 0 Å². The molecule has 0 aromatic carbocycles. The summed E-state index contributed by atoms with van der Waals surface area (Å²) < 4.78 is 0. The zero-order valence-electron chi connectivity index (χ0n) is 6.31. The fourth-order valence-corrected chi connectivity index (χ4v) is 1.47. The predicted octanol–water partition coefficient (Wildman–Crippen LogP) is 1.39. The first-order valence-corrected chi connectivity index (χ1v) is 4.28. The number of carbonyl (C=O) groups is 1. The minimum atomic E-state index is -0.970. The summed E-state index contributed by atoms with van der Waals surface area (Å²) in [7, 11) is 0. The number of hydrogen-bond acceptors (Lipinski definition) is 3. The molecule has 1 rings (SSSR count). The van der Waals surface area contributed by atoms with Gasteiger partial charge in [-0.15, -0.1) is 11.3 Å². The van der Waals surface area contributed by atoms with E-state index in [1.165, 1.54) is 17.4 Å². The molecule has 3 N–H and O–H groups in total. The molecule has 1 heterocycles. The topological polar surface area (TPSA) is 63.3 Å². The minimum absolute atomic E-state index is 0.305. The SMILES string of the molecule is NC(/C=C/C(=O)O)c1cccs1. The standard InChI is InChI=1S/C8H9NO2S/c9-6(3-4-8(10)11)7-2-1-5-12-7/h1-6H,9H2,(H,10,11)/b4-3+. The molecule has 0 aliphatic carbocycles. The molecule has 64 valence electrons. The summed E-state index contributed by atoms with van der Waals surface area (Å²) in [5.41, 5.74) is 5.65. The Labute approximate surface area is 74.1 Å². The third-order valence-electron chi connectivity index (χ3n) is 1.32. The monoisotopic (exact) mass is 183 g/mol. The first kappa shape index (κ1) is 8.96. The van der Waals surface area contributed by atoms with Gasteiger partial charge in [-0.2, -0.15) is 0 Å². The summed E-state index contributed by atoms with van der Waals surface area (Å²) in [6, 6.07) is 3.46. The van der Waals surface area contributed by atoms with Crippen LogP contribution < -0.4 is 5.73 Å². The molecule has 1 aromatic heterocycles. The largest absolute Gasteiger partial charge is 0.478 e. The third kappa shape index (κ3) is 2.48. The number of rotatable bonds is 3. The quantitative estimate of drug-likeness (QED) is 0.696. The van der Waals surface area contributed by atoms with Gasteiger partial charge >= 0.3 is 5.97 Å². The first-order chi connectivity index (χ1) is 5.70. The van der Waals surface area contributed by atoms with E-state index in [1.54, 1.807) is 0 Å². The van der Waals surface area contributed by atoms with Crippen molar-refractivity contribution in [2.24, 2.45) is 5.73 Å². The third-order valence-corrected chi connectivity index (χ3v) is 2.29. The summed E-state index contributed by atoms with van der Waals surface area (Å²) in [6.07, 6.45) is 2.53. The maximum atomic E-state index is 10.1. The van der Waals surface area contributed by atoms with Crippen LogP contribution in [0.15, 0.2) is 29.7 Å². The molecule has 1 unspecified atom stereocenters. The van der Waals surface area contributed by atoms with E-state index in [4.69, 9.17) is 10.8 Å².